The summed E-state index contributed by atoms with van der Waals surface area (Å²) in [5.74, 6) is 0.862. The molecule has 1 aromatic rings. The topological polar surface area (TPSA) is 33.3 Å². The molecule has 1 rings (SSSR count). The van der Waals surface area contributed by atoms with Gasteiger partial charge in [0, 0.05) is 6.54 Å². The number of rotatable bonds is 4. The predicted octanol–water partition coefficient (Wildman–Crippen LogP) is 2.24. The Labute approximate surface area is 102 Å². The van der Waals surface area contributed by atoms with E-state index in [1.807, 2.05) is 25.1 Å². The van der Waals surface area contributed by atoms with Gasteiger partial charge >= 0.3 is 0 Å². The molecule has 0 saturated heterocycles. The van der Waals surface area contributed by atoms with E-state index in [4.69, 9.17) is 17.0 Å². The molecule has 0 radical (unpaired) electrons. The summed E-state index contributed by atoms with van der Waals surface area (Å²) in [7, 11) is 1.67. The average Bonchev–Trinajstić information content (AvgIpc) is 2.29. The van der Waals surface area contributed by atoms with Crippen molar-refractivity contribution in [1.82, 2.24) is 10.6 Å². The number of nitrogens with one attached hydrogen (secondary N) is 2. The second kappa shape index (κ2) is 6.33. The average molecular weight is 238 g/mol. The Morgan fingerprint density at radius 3 is 2.88 bits per heavy atom. The van der Waals surface area contributed by atoms with E-state index >= 15 is 0 Å². The summed E-state index contributed by atoms with van der Waals surface area (Å²) in [6.07, 6.45) is 0. The lowest BCUT2D eigenvalue weighted by Gasteiger charge is -2.17. The Morgan fingerprint density at radius 2 is 2.25 bits per heavy atom. The highest BCUT2D eigenvalue weighted by Crippen LogP contribution is 2.18. The first-order valence-corrected chi connectivity index (χ1v) is 5.76. The zero-order chi connectivity index (χ0) is 12.0. The molecule has 0 heterocycles. The maximum atomic E-state index is 5.18. The van der Waals surface area contributed by atoms with Crippen molar-refractivity contribution in [3.63, 3.8) is 0 Å². The zero-order valence-electron chi connectivity index (χ0n) is 9.91. The minimum absolute atomic E-state index is 0.168. The van der Waals surface area contributed by atoms with Crippen molar-refractivity contribution in [3.8, 4) is 5.75 Å². The van der Waals surface area contributed by atoms with Crippen molar-refractivity contribution in [2.45, 2.75) is 19.9 Å². The van der Waals surface area contributed by atoms with Crippen LogP contribution in [0.15, 0.2) is 24.3 Å². The second-order valence-corrected chi connectivity index (χ2v) is 3.91. The fourth-order valence-corrected chi connectivity index (χ4v) is 1.72. The Kier molecular flexibility index (Phi) is 5.05. The van der Waals surface area contributed by atoms with Crippen LogP contribution in [0.1, 0.15) is 25.5 Å². The van der Waals surface area contributed by atoms with E-state index < -0.39 is 0 Å². The first kappa shape index (κ1) is 12.8. The lowest BCUT2D eigenvalue weighted by Crippen LogP contribution is -2.36. The number of hydrogen-bond acceptors (Lipinski definition) is 2. The molecule has 1 unspecified atom stereocenters. The maximum absolute atomic E-state index is 5.18. The number of thiocarbonyl (C=S) groups is 1. The Bertz CT molecular complexity index is 355. The van der Waals surface area contributed by atoms with Crippen molar-refractivity contribution < 1.29 is 4.74 Å². The molecule has 0 saturated carbocycles. The van der Waals surface area contributed by atoms with Crippen LogP contribution >= 0.6 is 12.2 Å². The van der Waals surface area contributed by atoms with Gasteiger partial charge in [-0.2, -0.15) is 0 Å². The van der Waals surface area contributed by atoms with Gasteiger partial charge in [0.2, 0.25) is 0 Å². The van der Waals surface area contributed by atoms with Gasteiger partial charge in [0.05, 0.1) is 13.2 Å². The summed E-state index contributed by atoms with van der Waals surface area (Å²) in [5.41, 5.74) is 1.15. The normalized spacial score (nSPS) is 11.7. The molecule has 88 valence electrons. The summed E-state index contributed by atoms with van der Waals surface area (Å²) in [6, 6.07) is 8.13. The fraction of sp³-hybridized carbons (Fsp3) is 0.417. The van der Waals surface area contributed by atoms with Crippen LogP contribution in [0.25, 0.3) is 0 Å². The first-order valence-electron chi connectivity index (χ1n) is 5.35. The van der Waals surface area contributed by atoms with Crippen LogP contribution in [0.5, 0.6) is 5.75 Å². The third-order valence-electron chi connectivity index (χ3n) is 2.28. The molecule has 2 N–H and O–H groups in total. The number of methoxy groups -OCH3 is 1. The molecule has 1 aromatic carbocycles. The predicted molar refractivity (Wildman–Crippen MR) is 70.8 cm³/mol. The Morgan fingerprint density at radius 1 is 1.50 bits per heavy atom. The van der Waals surface area contributed by atoms with Gasteiger partial charge in [0.1, 0.15) is 5.75 Å². The molecule has 0 amide bonds. The largest absolute Gasteiger partial charge is 0.497 e. The highest BCUT2D eigenvalue weighted by Gasteiger charge is 2.06. The van der Waals surface area contributed by atoms with Crippen molar-refractivity contribution in [1.29, 1.82) is 0 Å². The van der Waals surface area contributed by atoms with E-state index in [0.717, 1.165) is 17.9 Å². The molecule has 0 aliphatic carbocycles. The zero-order valence-corrected chi connectivity index (χ0v) is 10.7. The molecule has 3 nitrogen and oxygen atoms in total. The minimum atomic E-state index is 0.168. The molecule has 0 fully saturated rings. The van der Waals surface area contributed by atoms with Crippen LogP contribution in [0.4, 0.5) is 0 Å². The van der Waals surface area contributed by atoms with Gasteiger partial charge in [-0.25, -0.2) is 0 Å². The summed E-state index contributed by atoms with van der Waals surface area (Å²) in [6.45, 7) is 4.92. The number of ether oxygens (including phenoxy) is 1. The molecular weight excluding hydrogens is 220 g/mol. The minimum Gasteiger partial charge on any atom is -0.497 e. The van der Waals surface area contributed by atoms with Crippen molar-refractivity contribution in [3.05, 3.63) is 29.8 Å². The highest BCUT2D eigenvalue weighted by atomic mass is 32.1. The third-order valence-corrected chi connectivity index (χ3v) is 2.54. The van der Waals surface area contributed by atoms with Crippen LogP contribution in [-0.4, -0.2) is 18.8 Å². The summed E-state index contributed by atoms with van der Waals surface area (Å²) in [4.78, 5) is 0. The van der Waals surface area contributed by atoms with Crippen LogP contribution in [0.3, 0.4) is 0 Å². The van der Waals surface area contributed by atoms with Crippen LogP contribution in [0.2, 0.25) is 0 Å². The van der Waals surface area contributed by atoms with Crippen LogP contribution < -0.4 is 15.4 Å². The second-order valence-electron chi connectivity index (χ2n) is 3.50. The molecule has 0 aromatic heterocycles. The summed E-state index contributed by atoms with van der Waals surface area (Å²) >= 11 is 5.14. The van der Waals surface area contributed by atoms with E-state index in [1.54, 1.807) is 7.11 Å². The van der Waals surface area contributed by atoms with E-state index in [-0.39, 0.29) is 6.04 Å². The van der Waals surface area contributed by atoms with Gasteiger partial charge in [-0.3, -0.25) is 0 Å². The fourth-order valence-electron chi connectivity index (χ4n) is 1.40. The standard InChI is InChI=1S/C12H18N2OS/c1-4-13-12(16)14-9(2)10-6-5-7-11(8-10)15-3/h5-9H,4H2,1-3H3,(H2,13,14,16). The lowest BCUT2D eigenvalue weighted by atomic mass is 10.1. The van der Waals surface area contributed by atoms with Crippen molar-refractivity contribution in [2.75, 3.05) is 13.7 Å². The molecule has 4 heteroatoms. The van der Waals surface area contributed by atoms with Crippen molar-refractivity contribution >= 4 is 17.3 Å². The van der Waals surface area contributed by atoms with Gasteiger partial charge in [-0.1, -0.05) is 12.1 Å². The molecule has 0 aliphatic heterocycles. The quantitative estimate of drug-likeness (QED) is 0.788. The SMILES string of the molecule is CCNC(=S)NC(C)c1cccc(OC)c1. The Balaban J connectivity index is 2.64. The molecule has 1 atom stereocenters. The van der Waals surface area contributed by atoms with Crippen molar-refractivity contribution in [2.24, 2.45) is 0 Å². The monoisotopic (exact) mass is 238 g/mol. The van der Waals surface area contributed by atoms with E-state index in [1.165, 1.54) is 0 Å². The molecule has 16 heavy (non-hydrogen) atoms. The van der Waals surface area contributed by atoms with Gasteiger partial charge in [-0.15, -0.1) is 0 Å². The third kappa shape index (κ3) is 3.70. The Hall–Kier alpha value is -1.29. The van der Waals surface area contributed by atoms with E-state index in [9.17, 15) is 0 Å². The maximum Gasteiger partial charge on any atom is 0.166 e. The molecule has 0 bridgehead atoms. The van der Waals surface area contributed by atoms with Gasteiger partial charge in [-0.05, 0) is 43.8 Å². The van der Waals surface area contributed by atoms with E-state index in [2.05, 4.69) is 23.6 Å². The molecular formula is C12H18N2OS. The summed E-state index contributed by atoms with van der Waals surface area (Å²) in [5, 5.41) is 6.96. The van der Waals surface area contributed by atoms with Gasteiger partial charge in [0.25, 0.3) is 0 Å². The van der Waals surface area contributed by atoms with E-state index in [0.29, 0.717) is 5.11 Å². The smallest absolute Gasteiger partial charge is 0.166 e. The van der Waals surface area contributed by atoms with Gasteiger partial charge in [0.15, 0.2) is 5.11 Å². The van der Waals surface area contributed by atoms with Crippen LogP contribution in [0, 0.1) is 0 Å². The highest BCUT2D eigenvalue weighted by molar-refractivity contribution is 7.80. The molecule has 0 aliphatic rings. The summed E-state index contributed by atoms with van der Waals surface area (Å²) < 4.78 is 5.18. The number of benzene rings is 1. The molecule has 0 spiro atoms. The van der Waals surface area contributed by atoms with Crippen LogP contribution in [-0.2, 0) is 0 Å². The lowest BCUT2D eigenvalue weighted by molar-refractivity contribution is 0.413. The van der Waals surface area contributed by atoms with Gasteiger partial charge < -0.3 is 15.4 Å². The number of hydrogen-bond donors (Lipinski definition) is 2. The first-order chi connectivity index (χ1) is 7.67.